The summed E-state index contributed by atoms with van der Waals surface area (Å²) in [6.07, 6.45) is 2.60. The first-order valence-corrected chi connectivity index (χ1v) is 6.42. The minimum atomic E-state index is 0.491. The largest absolute Gasteiger partial charge is 0.317 e. The molecule has 80 valence electrons. The van der Waals surface area contributed by atoms with Crippen LogP contribution in [0.1, 0.15) is 40.5 Å². The van der Waals surface area contributed by atoms with Crippen molar-refractivity contribution < 1.29 is 0 Å². The van der Waals surface area contributed by atoms with Gasteiger partial charge in [0.2, 0.25) is 0 Å². The van der Waals surface area contributed by atoms with Gasteiger partial charge in [0.25, 0.3) is 0 Å². The SMILES string of the molecule is CCSCCC(C)(C)CC(C)NC. The third-order valence-electron chi connectivity index (χ3n) is 2.48. The quantitative estimate of drug-likeness (QED) is 0.638. The Morgan fingerprint density at radius 2 is 2.00 bits per heavy atom. The van der Waals surface area contributed by atoms with E-state index in [0.29, 0.717) is 11.5 Å². The smallest absolute Gasteiger partial charge is 0.00408 e. The zero-order valence-electron chi connectivity index (χ0n) is 9.81. The van der Waals surface area contributed by atoms with E-state index in [0.717, 1.165) is 0 Å². The second-order valence-corrected chi connectivity index (χ2v) is 5.90. The maximum atomic E-state index is 3.30. The number of nitrogens with one attached hydrogen (secondary N) is 1. The monoisotopic (exact) mass is 203 g/mol. The van der Waals surface area contributed by atoms with Gasteiger partial charge in [0.05, 0.1) is 0 Å². The standard InChI is InChI=1S/C11H25NS/c1-6-13-8-7-11(3,4)9-10(2)12-5/h10,12H,6-9H2,1-5H3. The molecule has 2 heteroatoms. The van der Waals surface area contributed by atoms with E-state index in [2.05, 4.69) is 33.0 Å². The molecule has 0 spiro atoms. The maximum absolute atomic E-state index is 3.30. The average molecular weight is 203 g/mol. The molecule has 0 aliphatic heterocycles. The third-order valence-corrected chi connectivity index (χ3v) is 3.38. The van der Waals surface area contributed by atoms with Crippen molar-refractivity contribution in [3.63, 3.8) is 0 Å². The lowest BCUT2D eigenvalue weighted by atomic mass is 9.84. The minimum Gasteiger partial charge on any atom is -0.317 e. The van der Waals surface area contributed by atoms with Gasteiger partial charge in [0.15, 0.2) is 0 Å². The first-order valence-electron chi connectivity index (χ1n) is 5.27. The van der Waals surface area contributed by atoms with Crippen molar-refractivity contribution in [2.45, 2.75) is 46.6 Å². The van der Waals surface area contributed by atoms with Crippen LogP contribution in [0.15, 0.2) is 0 Å². The van der Waals surface area contributed by atoms with Crippen LogP contribution in [0.25, 0.3) is 0 Å². The first kappa shape index (κ1) is 13.3. The molecule has 0 aliphatic carbocycles. The van der Waals surface area contributed by atoms with Crippen LogP contribution in [-0.4, -0.2) is 24.6 Å². The van der Waals surface area contributed by atoms with Crippen molar-refractivity contribution in [2.24, 2.45) is 5.41 Å². The second kappa shape index (κ2) is 6.72. The first-order chi connectivity index (χ1) is 6.02. The van der Waals surface area contributed by atoms with Crippen LogP contribution >= 0.6 is 11.8 Å². The molecule has 0 fully saturated rings. The molecule has 0 amide bonds. The molecule has 0 aromatic rings. The molecule has 1 nitrogen and oxygen atoms in total. The Labute approximate surface area is 88.1 Å². The summed E-state index contributed by atoms with van der Waals surface area (Å²) in [4.78, 5) is 0. The summed E-state index contributed by atoms with van der Waals surface area (Å²) in [5, 5.41) is 3.30. The summed E-state index contributed by atoms with van der Waals surface area (Å²) < 4.78 is 0. The highest BCUT2D eigenvalue weighted by molar-refractivity contribution is 7.99. The molecule has 1 N–H and O–H groups in total. The Morgan fingerprint density at radius 3 is 2.46 bits per heavy atom. The zero-order chi connectivity index (χ0) is 10.3. The van der Waals surface area contributed by atoms with Crippen LogP contribution in [0.2, 0.25) is 0 Å². The lowest BCUT2D eigenvalue weighted by Crippen LogP contribution is -2.28. The predicted octanol–water partition coefficient (Wildman–Crippen LogP) is 3.15. The summed E-state index contributed by atoms with van der Waals surface area (Å²) in [5.41, 5.74) is 0.491. The molecule has 0 rings (SSSR count). The Hall–Kier alpha value is 0.310. The van der Waals surface area contributed by atoms with E-state index in [1.54, 1.807) is 0 Å². The van der Waals surface area contributed by atoms with E-state index >= 15 is 0 Å². The highest BCUT2D eigenvalue weighted by Gasteiger charge is 2.19. The molecule has 0 radical (unpaired) electrons. The van der Waals surface area contributed by atoms with Gasteiger partial charge in [0.1, 0.15) is 0 Å². The van der Waals surface area contributed by atoms with Gasteiger partial charge in [-0.1, -0.05) is 20.8 Å². The summed E-state index contributed by atoms with van der Waals surface area (Å²) in [5.74, 6) is 2.55. The van der Waals surface area contributed by atoms with Crippen LogP contribution < -0.4 is 5.32 Å². The lowest BCUT2D eigenvalue weighted by molar-refractivity contribution is 0.287. The third kappa shape index (κ3) is 7.39. The van der Waals surface area contributed by atoms with E-state index in [-0.39, 0.29) is 0 Å². The van der Waals surface area contributed by atoms with Gasteiger partial charge >= 0.3 is 0 Å². The van der Waals surface area contributed by atoms with Crippen molar-refractivity contribution in [3.05, 3.63) is 0 Å². The Bertz CT molecular complexity index is 123. The lowest BCUT2D eigenvalue weighted by Gasteiger charge is -2.27. The van der Waals surface area contributed by atoms with Gasteiger partial charge in [0, 0.05) is 6.04 Å². The van der Waals surface area contributed by atoms with Crippen molar-refractivity contribution in [1.82, 2.24) is 5.32 Å². The van der Waals surface area contributed by atoms with Gasteiger partial charge in [-0.25, -0.2) is 0 Å². The number of hydrogen-bond acceptors (Lipinski definition) is 2. The second-order valence-electron chi connectivity index (χ2n) is 4.50. The van der Waals surface area contributed by atoms with Crippen molar-refractivity contribution in [3.8, 4) is 0 Å². The van der Waals surface area contributed by atoms with Gasteiger partial charge in [-0.2, -0.15) is 11.8 Å². The average Bonchev–Trinajstić information content (AvgIpc) is 2.03. The van der Waals surface area contributed by atoms with Crippen LogP contribution in [0, 0.1) is 5.41 Å². The van der Waals surface area contributed by atoms with Gasteiger partial charge < -0.3 is 5.32 Å². The van der Waals surface area contributed by atoms with E-state index in [4.69, 9.17) is 0 Å². The highest BCUT2D eigenvalue weighted by atomic mass is 32.2. The topological polar surface area (TPSA) is 12.0 Å². The fourth-order valence-electron chi connectivity index (χ4n) is 1.53. The molecule has 0 saturated carbocycles. The van der Waals surface area contributed by atoms with Gasteiger partial charge in [-0.05, 0) is 43.7 Å². The number of rotatable bonds is 7. The molecule has 1 atom stereocenters. The van der Waals surface area contributed by atoms with E-state index in [1.807, 2.05) is 18.8 Å². The molecular formula is C11H25NS. The summed E-state index contributed by atoms with van der Waals surface area (Å²) in [6, 6.07) is 0.640. The molecule has 1 unspecified atom stereocenters. The number of thioether (sulfide) groups is 1. The van der Waals surface area contributed by atoms with E-state index in [1.165, 1.54) is 24.3 Å². The molecule has 0 saturated heterocycles. The van der Waals surface area contributed by atoms with Gasteiger partial charge in [-0.15, -0.1) is 0 Å². The summed E-state index contributed by atoms with van der Waals surface area (Å²) in [7, 11) is 2.04. The van der Waals surface area contributed by atoms with Crippen LogP contribution in [0.4, 0.5) is 0 Å². The van der Waals surface area contributed by atoms with Crippen molar-refractivity contribution >= 4 is 11.8 Å². The number of hydrogen-bond donors (Lipinski definition) is 1. The van der Waals surface area contributed by atoms with E-state index < -0.39 is 0 Å². The fraction of sp³-hybridized carbons (Fsp3) is 1.00. The fourth-order valence-corrected chi connectivity index (χ4v) is 2.51. The van der Waals surface area contributed by atoms with Gasteiger partial charge in [-0.3, -0.25) is 0 Å². The summed E-state index contributed by atoms with van der Waals surface area (Å²) in [6.45, 7) is 9.23. The summed E-state index contributed by atoms with van der Waals surface area (Å²) >= 11 is 2.05. The molecular weight excluding hydrogens is 178 g/mol. The maximum Gasteiger partial charge on any atom is 0.00408 e. The Kier molecular flexibility index (Phi) is 6.88. The highest BCUT2D eigenvalue weighted by Crippen LogP contribution is 2.28. The van der Waals surface area contributed by atoms with E-state index in [9.17, 15) is 0 Å². The zero-order valence-corrected chi connectivity index (χ0v) is 10.6. The molecule has 0 aromatic heterocycles. The molecule has 0 aliphatic rings. The Morgan fingerprint density at radius 1 is 1.38 bits per heavy atom. The molecule has 0 aromatic carbocycles. The molecule has 0 bridgehead atoms. The van der Waals surface area contributed by atoms with Crippen LogP contribution in [0.3, 0.4) is 0 Å². The van der Waals surface area contributed by atoms with Crippen molar-refractivity contribution in [1.29, 1.82) is 0 Å². The minimum absolute atomic E-state index is 0.491. The normalized spacial score (nSPS) is 14.5. The predicted molar refractivity (Wildman–Crippen MR) is 64.5 cm³/mol. The molecule has 0 heterocycles. The van der Waals surface area contributed by atoms with Crippen molar-refractivity contribution in [2.75, 3.05) is 18.6 Å². The van der Waals surface area contributed by atoms with Crippen LogP contribution in [-0.2, 0) is 0 Å². The molecule has 13 heavy (non-hydrogen) atoms. The van der Waals surface area contributed by atoms with Crippen LogP contribution in [0.5, 0.6) is 0 Å². The Balaban J connectivity index is 3.65.